The largest absolute Gasteiger partial charge is 0.310 e. The molecule has 0 saturated heterocycles. The average molecular weight is 777 g/mol. The van der Waals surface area contributed by atoms with E-state index in [0.717, 1.165) is 22.6 Å². The fourth-order valence-corrected chi connectivity index (χ4v) is 10.2. The SMILES string of the molecule is c1ccc(N(c2cccc(-c3ccc4c5ccccc5n(-c5cccc6ccccc56)c4c3)c2)c2ccc3c(c2)-c2ccccc2C3(c2ccccc2)c2ccccc2)cc1. The average Bonchev–Trinajstić information content (AvgIpc) is 3.82. The molecule has 2 heteroatoms. The molecule has 0 saturated carbocycles. The van der Waals surface area contributed by atoms with Gasteiger partial charge in [0.15, 0.2) is 0 Å². The van der Waals surface area contributed by atoms with Crippen LogP contribution in [-0.2, 0) is 5.41 Å². The molecule has 11 aromatic rings. The monoisotopic (exact) mass is 776 g/mol. The Morgan fingerprint density at radius 1 is 0.328 bits per heavy atom. The minimum Gasteiger partial charge on any atom is -0.310 e. The van der Waals surface area contributed by atoms with Crippen LogP contribution in [0.2, 0.25) is 0 Å². The molecule has 1 aliphatic rings. The summed E-state index contributed by atoms with van der Waals surface area (Å²) in [4.78, 5) is 2.41. The lowest BCUT2D eigenvalue weighted by Crippen LogP contribution is -2.28. The van der Waals surface area contributed by atoms with E-state index in [-0.39, 0.29) is 0 Å². The summed E-state index contributed by atoms with van der Waals surface area (Å²) in [6, 6.07) is 89.0. The number of benzene rings is 10. The van der Waals surface area contributed by atoms with Crippen molar-refractivity contribution in [2.75, 3.05) is 4.90 Å². The third-order valence-electron chi connectivity index (χ3n) is 12.8. The summed E-state index contributed by atoms with van der Waals surface area (Å²) in [6.45, 7) is 0. The van der Waals surface area contributed by atoms with Crippen LogP contribution in [0.3, 0.4) is 0 Å². The minimum absolute atomic E-state index is 0.447. The topological polar surface area (TPSA) is 8.17 Å². The Hall–Kier alpha value is -7.94. The molecule has 0 amide bonds. The quantitative estimate of drug-likeness (QED) is 0.156. The Kier molecular flexibility index (Phi) is 8.11. The van der Waals surface area contributed by atoms with Gasteiger partial charge in [-0.25, -0.2) is 0 Å². The Morgan fingerprint density at radius 2 is 0.902 bits per heavy atom. The lowest BCUT2D eigenvalue weighted by atomic mass is 9.68. The number of aromatic nitrogens is 1. The van der Waals surface area contributed by atoms with E-state index >= 15 is 0 Å². The van der Waals surface area contributed by atoms with Crippen LogP contribution < -0.4 is 4.90 Å². The lowest BCUT2D eigenvalue weighted by Gasteiger charge is -2.34. The summed E-state index contributed by atoms with van der Waals surface area (Å²) in [7, 11) is 0. The summed E-state index contributed by atoms with van der Waals surface area (Å²) in [5.74, 6) is 0. The predicted molar refractivity (Wildman–Crippen MR) is 256 cm³/mol. The molecule has 0 fully saturated rings. The normalized spacial score (nSPS) is 12.7. The van der Waals surface area contributed by atoms with E-state index in [1.54, 1.807) is 0 Å². The van der Waals surface area contributed by atoms with E-state index in [1.807, 2.05) is 0 Å². The lowest BCUT2D eigenvalue weighted by molar-refractivity contribution is 0.768. The Morgan fingerprint density at radius 3 is 1.70 bits per heavy atom. The maximum absolute atomic E-state index is 2.45. The van der Waals surface area contributed by atoms with E-state index < -0.39 is 5.41 Å². The molecule has 0 spiro atoms. The molecule has 0 N–H and O–H groups in total. The molecule has 10 aromatic carbocycles. The Labute approximate surface area is 355 Å². The van der Waals surface area contributed by atoms with Crippen molar-refractivity contribution in [2.45, 2.75) is 5.41 Å². The van der Waals surface area contributed by atoms with Crippen LogP contribution in [-0.4, -0.2) is 4.57 Å². The smallest absolute Gasteiger partial charge is 0.0713 e. The van der Waals surface area contributed by atoms with Gasteiger partial charge in [0.2, 0.25) is 0 Å². The van der Waals surface area contributed by atoms with E-state index in [1.165, 1.54) is 77.2 Å². The number of para-hydroxylation sites is 2. The first-order valence-electron chi connectivity index (χ1n) is 21.1. The number of hydrogen-bond donors (Lipinski definition) is 0. The van der Waals surface area contributed by atoms with Crippen molar-refractivity contribution in [3.05, 3.63) is 265 Å². The van der Waals surface area contributed by atoms with Crippen molar-refractivity contribution in [3.63, 3.8) is 0 Å². The first-order chi connectivity index (χ1) is 30.3. The van der Waals surface area contributed by atoms with Gasteiger partial charge >= 0.3 is 0 Å². The van der Waals surface area contributed by atoms with Crippen LogP contribution in [0, 0.1) is 0 Å². The molecular weight excluding hydrogens is 737 g/mol. The summed E-state index contributed by atoms with van der Waals surface area (Å²) in [5, 5.41) is 4.97. The van der Waals surface area contributed by atoms with Crippen LogP contribution >= 0.6 is 0 Å². The zero-order valence-corrected chi connectivity index (χ0v) is 33.5. The molecule has 0 atom stereocenters. The molecule has 0 bridgehead atoms. The van der Waals surface area contributed by atoms with Gasteiger partial charge in [-0.15, -0.1) is 0 Å². The molecule has 2 nitrogen and oxygen atoms in total. The van der Waals surface area contributed by atoms with Gasteiger partial charge in [-0.3, -0.25) is 0 Å². The van der Waals surface area contributed by atoms with Crippen molar-refractivity contribution >= 4 is 49.6 Å². The van der Waals surface area contributed by atoms with Gasteiger partial charge in [-0.05, 0) is 104 Å². The second kappa shape index (κ2) is 14.1. The first kappa shape index (κ1) is 35.0. The molecule has 0 radical (unpaired) electrons. The highest BCUT2D eigenvalue weighted by atomic mass is 15.1. The standard InChI is InChI=1S/C59H40N2/c1-4-21-44(22-5-1)59(45-23-6-2-7-24-45)54-31-14-12-29-50(54)53-40-48(35-37-55(53)59)60(46-25-8-3-9-26-46)47-27-16-20-42(38-47)43-34-36-52-51-30-13-15-32-57(51)61(58(52)39-43)56-33-17-19-41-18-10-11-28-49(41)56/h1-40H. The zero-order valence-electron chi connectivity index (χ0n) is 33.5. The van der Waals surface area contributed by atoms with Crippen LogP contribution in [0.1, 0.15) is 22.3 Å². The maximum atomic E-state index is 2.45. The molecule has 1 heterocycles. The fraction of sp³-hybridized carbons (Fsp3) is 0.0169. The van der Waals surface area contributed by atoms with Gasteiger partial charge in [0.1, 0.15) is 0 Å². The number of hydrogen-bond acceptors (Lipinski definition) is 1. The third-order valence-corrected chi connectivity index (χ3v) is 12.8. The highest BCUT2D eigenvalue weighted by Gasteiger charge is 2.46. The Balaban J connectivity index is 1.03. The molecule has 1 aliphatic carbocycles. The predicted octanol–water partition coefficient (Wildman–Crippen LogP) is 15.4. The maximum Gasteiger partial charge on any atom is 0.0713 e. The number of anilines is 3. The summed E-state index contributed by atoms with van der Waals surface area (Å²) >= 11 is 0. The summed E-state index contributed by atoms with van der Waals surface area (Å²) < 4.78 is 2.45. The van der Waals surface area contributed by atoms with Crippen molar-refractivity contribution in [3.8, 4) is 27.9 Å². The van der Waals surface area contributed by atoms with Gasteiger partial charge in [0, 0.05) is 33.2 Å². The van der Waals surface area contributed by atoms with Crippen molar-refractivity contribution in [2.24, 2.45) is 0 Å². The van der Waals surface area contributed by atoms with Crippen LogP contribution in [0.25, 0.3) is 60.5 Å². The third kappa shape index (κ3) is 5.43. The van der Waals surface area contributed by atoms with E-state index in [2.05, 4.69) is 252 Å². The van der Waals surface area contributed by atoms with Crippen molar-refractivity contribution in [1.82, 2.24) is 4.57 Å². The first-order valence-corrected chi connectivity index (χ1v) is 21.1. The van der Waals surface area contributed by atoms with E-state index in [0.29, 0.717) is 0 Å². The Bertz CT molecular complexity index is 3370. The molecule has 0 unspecified atom stereocenters. The highest BCUT2D eigenvalue weighted by Crippen LogP contribution is 2.57. The zero-order chi connectivity index (χ0) is 40.3. The fourth-order valence-electron chi connectivity index (χ4n) is 10.2. The number of rotatable bonds is 7. The van der Waals surface area contributed by atoms with Gasteiger partial charge in [-0.1, -0.05) is 188 Å². The molecular formula is C59H40N2. The summed E-state index contributed by atoms with van der Waals surface area (Å²) in [5.41, 5.74) is 16.5. The van der Waals surface area contributed by atoms with Crippen molar-refractivity contribution < 1.29 is 0 Å². The second-order valence-electron chi connectivity index (χ2n) is 16.1. The highest BCUT2D eigenvalue weighted by molar-refractivity contribution is 6.11. The second-order valence-corrected chi connectivity index (χ2v) is 16.1. The molecule has 286 valence electrons. The minimum atomic E-state index is -0.447. The number of fused-ring (bicyclic) bond motifs is 7. The van der Waals surface area contributed by atoms with E-state index in [4.69, 9.17) is 0 Å². The molecule has 12 rings (SSSR count). The van der Waals surface area contributed by atoms with E-state index in [9.17, 15) is 0 Å². The molecule has 61 heavy (non-hydrogen) atoms. The van der Waals surface area contributed by atoms with Crippen LogP contribution in [0.5, 0.6) is 0 Å². The van der Waals surface area contributed by atoms with Gasteiger partial charge in [-0.2, -0.15) is 0 Å². The number of nitrogens with zero attached hydrogens (tertiary/aromatic N) is 2. The molecule has 1 aromatic heterocycles. The molecule has 0 aliphatic heterocycles. The van der Waals surface area contributed by atoms with Crippen molar-refractivity contribution in [1.29, 1.82) is 0 Å². The van der Waals surface area contributed by atoms with Crippen LogP contribution in [0.4, 0.5) is 17.1 Å². The van der Waals surface area contributed by atoms with Gasteiger partial charge in [0.25, 0.3) is 0 Å². The summed E-state index contributed by atoms with van der Waals surface area (Å²) in [6.07, 6.45) is 0. The van der Waals surface area contributed by atoms with Gasteiger partial charge in [0.05, 0.1) is 22.1 Å². The van der Waals surface area contributed by atoms with Crippen LogP contribution in [0.15, 0.2) is 243 Å². The van der Waals surface area contributed by atoms with Gasteiger partial charge < -0.3 is 9.47 Å².